The number of hydrogen-bond donors (Lipinski definition) is 0. The summed E-state index contributed by atoms with van der Waals surface area (Å²) >= 11 is 0. The van der Waals surface area contributed by atoms with Gasteiger partial charge in [0.25, 0.3) is 0 Å². The lowest BCUT2D eigenvalue weighted by Crippen LogP contribution is -2.31. The number of piperidine rings is 1. The Morgan fingerprint density at radius 1 is 1.04 bits per heavy atom. The average Bonchev–Trinajstić information content (AvgIpc) is 2.66. The molecule has 0 spiro atoms. The molecule has 1 aliphatic rings. The second-order valence-electron chi connectivity index (χ2n) is 8.19. The predicted octanol–water partition coefficient (Wildman–Crippen LogP) is 5.04. The van der Waals surface area contributed by atoms with E-state index < -0.39 is 0 Å². The molecule has 1 aliphatic heterocycles. The molecule has 0 N–H and O–H groups in total. The minimum Gasteiger partial charge on any atom is -0.496 e. The van der Waals surface area contributed by atoms with E-state index in [-0.39, 0.29) is 0 Å². The molecule has 0 amide bonds. The Morgan fingerprint density at radius 2 is 1.86 bits per heavy atom. The lowest BCUT2D eigenvalue weighted by molar-refractivity contribution is 0.248. The van der Waals surface area contributed by atoms with E-state index >= 15 is 0 Å². The Kier molecular flexibility index (Phi) is 5.07. The summed E-state index contributed by atoms with van der Waals surface area (Å²) in [5.41, 5.74) is 7.60. The molecule has 3 heterocycles. The lowest BCUT2D eigenvalue weighted by Gasteiger charge is -2.29. The second-order valence-corrected chi connectivity index (χ2v) is 8.19. The monoisotopic (exact) mass is 375 g/mol. The fourth-order valence-electron chi connectivity index (χ4n) is 4.47. The van der Waals surface area contributed by atoms with Gasteiger partial charge in [-0.15, -0.1) is 0 Å². The summed E-state index contributed by atoms with van der Waals surface area (Å²) in [6, 6.07) is 10.7. The van der Waals surface area contributed by atoms with E-state index in [1.165, 1.54) is 41.8 Å². The molecule has 146 valence electrons. The minimum atomic E-state index is 0.489. The summed E-state index contributed by atoms with van der Waals surface area (Å²) in [6.45, 7) is 8.62. The van der Waals surface area contributed by atoms with Gasteiger partial charge in [-0.3, -0.25) is 0 Å². The van der Waals surface area contributed by atoms with Crippen LogP contribution in [0.5, 0.6) is 5.75 Å². The first-order chi connectivity index (χ1) is 13.5. The standard InChI is InChI=1S/C24H29N3O/c1-15-11-17(3)23(22(12-15)28-5)20-9-8-19-16(2)13-21(26-24(19)25-20)18-7-6-10-27(4)14-18/h8-9,11-13,18H,6-7,10,14H2,1-5H3/t18-/m1/s1. The summed E-state index contributed by atoms with van der Waals surface area (Å²) in [5.74, 6) is 1.36. The maximum atomic E-state index is 5.66. The molecule has 0 radical (unpaired) electrons. The van der Waals surface area contributed by atoms with E-state index in [0.717, 1.165) is 34.6 Å². The summed E-state index contributed by atoms with van der Waals surface area (Å²) in [6.07, 6.45) is 2.43. The SMILES string of the molecule is COc1cc(C)cc(C)c1-c1ccc2c(C)cc([C@@H]3CCCN(C)C3)nc2n1. The van der Waals surface area contributed by atoms with Gasteiger partial charge < -0.3 is 9.64 Å². The van der Waals surface area contributed by atoms with Crippen LogP contribution in [0.15, 0.2) is 30.3 Å². The second kappa shape index (κ2) is 7.51. The van der Waals surface area contributed by atoms with Crippen LogP contribution in [0, 0.1) is 20.8 Å². The van der Waals surface area contributed by atoms with Crippen molar-refractivity contribution in [3.8, 4) is 17.0 Å². The van der Waals surface area contributed by atoms with Crippen molar-refractivity contribution in [2.24, 2.45) is 0 Å². The first-order valence-corrected chi connectivity index (χ1v) is 10.1. The molecule has 1 saturated heterocycles. The number of benzene rings is 1. The normalized spacial score (nSPS) is 17.8. The quantitative estimate of drug-likeness (QED) is 0.643. The van der Waals surface area contributed by atoms with Crippen LogP contribution in [-0.4, -0.2) is 42.1 Å². The fraction of sp³-hybridized carbons (Fsp3) is 0.417. The number of rotatable bonds is 3. The smallest absolute Gasteiger partial charge is 0.160 e. The largest absolute Gasteiger partial charge is 0.496 e. The van der Waals surface area contributed by atoms with Gasteiger partial charge in [0.1, 0.15) is 5.75 Å². The van der Waals surface area contributed by atoms with Crippen molar-refractivity contribution in [1.29, 1.82) is 0 Å². The molecule has 0 aliphatic carbocycles. The molecule has 0 bridgehead atoms. The van der Waals surface area contributed by atoms with Gasteiger partial charge in [0.2, 0.25) is 0 Å². The van der Waals surface area contributed by atoms with Gasteiger partial charge in [-0.2, -0.15) is 0 Å². The zero-order valence-electron chi connectivity index (χ0n) is 17.5. The Labute approximate surface area is 167 Å². The minimum absolute atomic E-state index is 0.489. The topological polar surface area (TPSA) is 38.2 Å². The van der Waals surface area contributed by atoms with Crippen molar-refractivity contribution in [2.45, 2.75) is 39.5 Å². The fourth-order valence-corrected chi connectivity index (χ4v) is 4.47. The summed E-state index contributed by atoms with van der Waals surface area (Å²) in [7, 11) is 3.92. The molecule has 1 fully saturated rings. The molecular weight excluding hydrogens is 346 g/mol. The molecule has 1 aromatic carbocycles. The van der Waals surface area contributed by atoms with Crippen LogP contribution in [0.2, 0.25) is 0 Å². The number of aromatic nitrogens is 2. The van der Waals surface area contributed by atoms with Crippen molar-refractivity contribution in [1.82, 2.24) is 14.9 Å². The number of hydrogen-bond acceptors (Lipinski definition) is 4. The van der Waals surface area contributed by atoms with Crippen LogP contribution in [0.1, 0.15) is 41.1 Å². The Hall–Kier alpha value is -2.46. The van der Waals surface area contributed by atoms with Gasteiger partial charge in [-0.1, -0.05) is 6.07 Å². The third-order valence-electron chi connectivity index (χ3n) is 5.86. The van der Waals surface area contributed by atoms with Crippen molar-refractivity contribution in [3.05, 3.63) is 52.7 Å². The zero-order chi connectivity index (χ0) is 19.8. The number of fused-ring (bicyclic) bond motifs is 1. The Bertz CT molecular complexity index is 1030. The maximum Gasteiger partial charge on any atom is 0.160 e. The average molecular weight is 376 g/mol. The highest BCUT2D eigenvalue weighted by atomic mass is 16.5. The summed E-state index contributed by atoms with van der Waals surface area (Å²) < 4.78 is 5.66. The van der Waals surface area contributed by atoms with E-state index in [9.17, 15) is 0 Å². The van der Waals surface area contributed by atoms with Crippen LogP contribution in [-0.2, 0) is 0 Å². The number of nitrogens with zero attached hydrogens (tertiary/aromatic N) is 3. The number of likely N-dealkylation sites (N-methyl/N-ethyl adjacent to an activating group) is 1. The number of methoxy groups -OCH3 is 1. The van der Waals surface area contributed by atoms with E-state index in [1.54, 1.807) is 7.11 Å². The van der Waals surface area contributed by atoms with Crippen molar-refractivity contribution >= 4 is 11.0 Å². The van der Waals surface area contributed by atoms with Crippen LogP contribution in [0.25, 0.3) is 22.3 Å². The summed E-state index contributed by atoms with van der Waals surface area (Å²) in [4.78, 5) is 12.4. The number of likely N-dealkylation sites (tertiary alicyclic amines) is 1. The molecule has 0 unspecified atom stereocenters. The highest BCUT2D eigenvalue weighted by Gasteiger charge is 2.21. The first kappa shape index (κ1) is 18.9. The molecule has 4 nitrogen and oxygen atoms in total. The highest BCUT2D eigenvalue weighted by molar-refractivity contribution is 5.83. The van der Waals surface area contributed by atoms with E-state index in [4.69, 9.17) is 14.7 Å². The number of ether oxygens (including phenoxy) is 1. The molecule has 28 heavy (non-hydrogen) atoms. The zero-order valence-corrected chi connectivity index (χ0v) is 17.5. The maximum absolute atomic E-state index is 5.66. The van der Waals surface area contributed by atoms with Gasteiger partial charge in [0.15, 0.2) is 5.65 Å². The van der Waals surface area contributed by atoms with Crippen LogP contribution in [0.3, 0.4) is 0 Å². The van der Waals surface area contributed by atoms with Gasteiger partial charge in [0.05, 0.1) is 12.8 Å². The van der Waals surface area contributed by atoms with Crippen LogP contribution in [0.4, 0.5) is 0 Å². The van der Waals surface area contributed by atoms with E-state index in [1.807, 2.05) is 0 Å². The number of aryl methyl sites for hydroxylation is 3. The first-order valence-electron chi connectivity index (χ1n) is 10.1. The molecular formula is C24H29N3O. The van der Waals surface area contributed by atoms with Gasteiger partial charge in [0, 0.05) is 29.1 Å². The predicted molar refractivity (Wildman–Crippen MR) is 115 cm³/mol. The molecule has 4 rings (SSSR count). The van der Waals surface area contributed by atoms with E-state index in [2.05, 4.69) is 63.1 Å². The third kappa shape index (κ3) is 3.49. The van der Waals surface area contributed by atoms with Crippen LogP contribution < -0.4 is 4.74 Å². The number of pyridine rings is 2. The summed E-state index contributed by atoms with van der Waals surface area (Å²) in [5, 5.41) is 1.13. The Morgan fingerprint density at radius 3 is 2.61 bits per heavy atom. The van der Waals surface area contributed by atoms with E-state index in [0.29, 0.717) is 5.92 Å². The van der Waals surface area contributed by atoms with Crippen molar-refractivity contribution in [3.63, 3.8) is 0 Å². The van der Waals surface area contributed by atoms with Crippen LogP contribution >= 0.6 is 0 Å². The molecule has 4 heteroatoms. The van der Waals surface area contributed by atoms with Crippen molar-refractivity contribution in [2.75, 3.05) is 27.2 Å². The van der Waals surface area contributed by atoms with Crippen molar-refractivity contribution < 1.29 is 4.74 Å². The molecule has 3 aromatic rings. The Balaban J connectivity index is 1.83. The van der Waals surface area contributed by atoms with Gasteiger partial charge in [-0.25, -0.2) is 9.97 Å². The highest BCUT2D eigenvalue weighted by Crippen LogP contribution is 2.35. The third-order valence-corrected chi connectivity index (χ3v) is 5.86. The van der Waals surface area contributed by atoms with Gasteiger partial charge >= 0.3 is 0 Å². The van der Waals surface area contributed by atoms with Gasteiger partial charge in [-0.05, 0) is 88.2 Å². The molecule has 1 atom stereocenters. The molecule has 0 saturated carbocycles. The molecule has 2 aromatic heterocycles. The lowest BCUT2D eigenvalue weighted by atomic mass is 9.93.